The topological polar surface area (TPSA) is 49.4 Å². The Kier molecular flexibility index (Phi) is 5.90. The van der Waals surface area contributed by atoms with Crippen molar-refractivity contribution in [2.24, 2.45) is 0 Å². The van der Waals surface area contributed by atoms with Crippen molar-refractivity contribution in [3.63, 3.8) is 0 Å². The predicted octanol–water partition coefficient (Wildman–Crippen LogP) is 6.48. The fourth-order valence-electron chi connectivity index (χ4n) is 3.74. The summed E-state index contributed by atoms with van der Waals surface area (Å²) in [4.78, 5) is 28.3. The fraction of sp³-hybridized carbons (Fsp3) is 0.185. The molecular weight excluding hydrogens is 420 g/mol. The standard InChI is InChI=1S/C27H25ClN2O2/c1-16(2)19-8-13-23(14-9-19)30-26(31)24(20-6-10-21(28)11-7-20)25(27(30)32)29-22-12-5-17(3)18(4)15-22/h5-16,29H,1-4H3. The molecule has 4 nitrogen and oxygen atoms in total. The molecule has 2 amide bonds. The Balaban J connectivity index is 1.79. The molecule has 0 radical (unpaired) electrons. The molecule has 0 spiro atoms. The lowest BCUT2D eigenvalue weighted by Gasteiger charge is -2.16. The number of benzene rings is 3. The molecule has 0 aliphatic carbocycles. The van der Waals surface area contributed by atoms with Crippen molar-refractivity contribution in [2.75, 3.05) is 10.2 Å². The van der Waals surface area contributed by atoms with Gasteiger partial charge in [-0.25, -0.2) is 4.90 Å². The molecule has 3 aromatic rings. The first-order valence-corrected chi connectivity index (χ1v) is 11.0. The quantitative estimate of drug-likeness (QED) is 0.458. The highest BCUT2D eigenvalue weighted by atomic mass is 35.5. The Hall–Kier alpha value is -3.37. The molecule has 4 rings (SSSR count). The van der Waals surface area contributed by atoms with Crippen LogP contribution in [0, 0.1) is 13.8 Å². The van der Waals surface area contributed by atoms with Crippen molar-refractivity contribution in [3.8, 4) is 0 Å². The zero-order chi connectivity index (χ0) is 23.0. The molecule has 1 N–H and O–H groups in total. The highest BCUT2D eigenvalue weighted by Gasteiger charge is 2.40. The summed E-state index contributed by atoms with van der Waals surface area (Å²) in [5.74, 6) is -0.379. The monoisotopic (exact) mass is 444 g/mol. The van der Waals surface area contributed by atoms with Gasteiger partial charge >= 0.3 is 0 Å². The van der Waals surface area contributed by atoms with Gasteiger partial charge in [-0.05, 0) is 78.4 Å². The average molecular weight is 445 g/mol. The van der Waals surface area contributed by atoms with E-state index in [-0.39, 0.29) is 17.5 Å². The van der Waals surface area contributed by atoms with Crippen LogP contribution in [0.1, 0.15) is 42.0 Å². The number of hydrogen-bond donors (Lipinski definition) is 1. The first kappa shape index (κ1) is 21.8. The number of anilines is 2. The van der Waals surface area contributed by atoms with E-state index in [2.05, 4.69) is 19.2 Å². The third-order valence-electron chi connectivity index (χ3n) is 5.81. The van der Waals surface area contributed by atoms with E-state index in [0.717, 1.165) is 22.4 Å². The van der Waals surface area contributed by atoms with Crippen molar-refractivity contribution in [2.45, 2.75) is 33.6 Å². The van der Waals surface area contributed by atoms with Gasteiger partial charge in [-0.2, -0.15) is 0 Å². The molecular formula is C27H25ClN2O2. The van der Waals surface area contributed by atoms with Gasteiger partial charge in [0.1, 0.15) is 5.70 Å². The van der Waals surface area contributed by atoms with Crippen LogP contribution < -0.4 is 10.2 Å². The summed E-state index contributed by atoms with van der Waals surface area (Å²) >= 11 is 6.05. The normalized spacial score (nSPS) is 14.0. The minimum atomic E-state index is -0.379. The molecule has 1 aliphatic heterocycles. The number of rotatable bonds is 5. The Morgan fingerprint density at radius 2 is 1.47 bits per heavy atom. The minimum Gasteiger partial charge on any atom is -0.350 e. The van der Waals surface area contributed by atoms with Crippen LogP contribution >= 0.6 is 11.6 Å². The minimum absolute atomic E-state index is 0.258. The van der Waals surface area contributed by atoms with Crippen molar-refractivity contribution in [1.82, 2.24) is 0 Å². The Labute approximate surface area is 193 Å². The molecule has 3 aromatic carbocycles. The van der Waals surface area contributed by atoms with E-state index in [4.69, 9.17) is 11.6 Å². The summed E-state index contributed by atoms with van der Waals surface area (Å²) < 4.78 is 0. The second-order valence-electron chi connectivity index (χ2n) is 8.37. The van der Waals surface area contributed by atoms with Crippen LogP contribution in [-0.4, -0.2) is 11.8 Å². The number of carbonyl (C=O) groups is 2. The van der Waals surface area contributed by atoms with Crippen LogP contribution in [0.5, 0.6) is 0 Å². The first-order chi connectivity index (χ1) is 15.3. The predicted molar refractivity (Wildman–Crippen MR) is 131 cm³/mol. The number of carbonyl (C=O) groups excluding carboxylic acids is 2. The van der Waals surface area contributed by atoms with E-state index in [1.54, 1.807) is 24.3 Å². The van der Waals surface area contributed by atoms with E-state index in [9.17, 15) is 9.59 Å². The summed E-state index contributed by atoms with van der Waals surface area (Å²) in [6.07, 6.45) is 0. The number of imide groups is 1. The van der Waals surface area contributed by atoms with Crippen LogP contribution in [0.15, 0.2) is 72.4 Å². The maximum Gasteiger partial charge on any atom is 0.282 e. The highest BCUT2D eigenvalue weighted by Crippen LogP contribution is 2.35. The SMILES string of the molecule is Cc1ccc(NC2=C(c3ccc(Cl)cc3)C(=O)N(c3ccc(C(C)C)cc3)C2=O)cc1C. The second kappa shape index (κ2) is 8.64. The van der Waals surface area contributed by atoms with E-state index in [1.165, 1.54) is 4.90 Å². The Morgan fingerprint density at radius 1 is 0.812 bits per heavy atom. The Morgan fingerprint density at radius 3 is 2.06 bits per heavy atom. The third kappa shape index (κ3) is 4.06. The molecule has 0 fully saturated rings. The van der Waals surface area contributed by atoms with Crippen molar-refractivity contribution < 1.29 is 9.59 Å². The van der Waals surface area contributed by atoms with Gasteiger partial charge in [-0.1, -0.05) is 55.8 Å². The van der Waals surface area contributed by atoms with Gasteiger partial charge in [0.05, 0.1) is 11.3 Å². The zero-order valence-electron chi connectivity index (χ0n) is 18.6. The van der Waals surface area contributed by atoms with Crippen molar-refractivity contribution in [3.05, 3.63) is 99.7 Å². The molecule has 0 saturated carbocycles. The van der Waals surface area contributed by atoms with Gasteiger partial charge in [0.25, 0.3) is 11.8 Å². The van der Waals surface area contributed by atoms with Gasteiger partial charge in [0.2, 0.25) is 0 Å². The fourth-order valence-corrected chi connectivity index (χ4v) is 3.86. The number of nitrogens with zero attached hydrogens (tertiary/aromatic N) is 1. The maximum atomic E-state index is 13.5. The van der Waals surface area contributed by atoms with Crippen LogP contribution in [0.3, 0.4) is 0 Å². The van der Waals surface area contributed by atoms with Gasteiger partial charge in [-0.3, -0.25) is 9.59 Å². The third-order valence-corrected chi connectivity index (χ3v) is 6.06. The van der Waals surface area contributed by atoms with Crippen LogP contribution in [-0.2, 0) is 9.59 Å². The lowest BCUT2D eigenvalue weighted by atomic mass is 10.0. The van der Waals surface area contributed by atoms with Crippen molar-refractivity contribution in [1.29, 1.82) is 0 Å². The number of hydrogen-bond acceptors (Lipinski definition) is 3. The highest BCUT2D eigenvalue weighted by molar-refractivity contribution is 6.46. The van der Waals surface area contributed by atoms with Gasteiger partial charge < -0.3 is 5.32 Å². The molecule has 32 heavy (non-hydrogen) atoms. The van der Waals surface area contributed by atoms with Crippen LogP contribution in [0.4, 0.5) is 11.4 Å². The second-order valence-corrected chi connectivity index (χ2v) is 8.81. The lowest BCUT2D eigenvalue weighted by Crippen LogP contribution is -2.32. The van der Waals surface area contributed by atoms with Gasteiger partial charge in [-0.15, -0.1) is 0 Å². The summed E-state index contributed by atoms with van der Waals surface area (Å²) in [7, 11) is 0. The van der Waals surface area contributed by atoms with Gasteiger partial charge in [0.15, 0.2) is 0 Å². The lowest BCUT2D eigenvalue weighted by molar-refractivity contribution is -0.120. The number of nitrogens with one attached hydrogen (secondary N) is 1. The summed E-state index contributed by atoms with van der Waals surface area (Å²) in [6, 6.07) is 20.4. The molecule has 0 atom stereocenters. The molecule has 1 heterocycles. The van der Waals surface area contributed by atoms with Gasteiger partial charge in [0, 0.05) is 10.7 Å². The molecule has 162 valence electrons. The largest absolute Gasteiger partial charge is 0.350 e. The van der Waals surface area contributed by atoms with Crippen LogP contribution in [0.25, 0.3) is 5.57 Å². The molecule has 1 aliphatic rings. The number of aryl methyl sites for hydroxylation is 2. The van der Waals surface area contributed by atoms with E-state index < -0.39 is 0 Å². The molecule has 0 bridgehead atoms. The van der Waals surface area contributed by atoms with E-state index in [0.29, 0.717) is 27.8 Å². The van der Waals surface area contributed by atoms with E-state index >= 15 is 0 Å². The maximum absolute atomic E-state index is 13.5. The molecule has 5 heteroatoms. The summed E-state index contributed by atoms with van der Waals surface area (Å²) in [5, 5.41) is 3.78. The molecule has 0 unspecified atom stereocenters. The molecule has 0 aromatic heterocycles. The number of halogens is 1. The average Bonchev–Trinajstić information content (AvgIpc) is 3.01. The smallest absolute Gasteiger partial charge is 0.282 e. The summed E-state index contributed by atoms with van der Waals surface area (Å²) in [5.41, 5.74) is 5.93. The number of amides is 2. The van der Waals surface area contributed by atoms with Crippen LogP contribution in [0.2, 0.25) is 5.02 Å². The van der Waals surface area contributed by atoms with Crippen molar-refractivity contribution >= 4 is 40.4 Å². The zero-order valence-corrected chi connectivity index (χ0v) is 19.3. The Bertz CT molecular complexity index is 1230. The van der Waals surface area contributed by atoms with E-state index in [1.807, 2.05) is 56.3 Å². The first-order valence-electron chi connectivity index (χ1n) is 10.6. The summed E-state index contributed by atoms with van der Waals surface area (Å²) in [6.45, 7) is 8.25. The molecule has 0 saturated heterocycles.